The summed E-state index contributed by atoms with van der Waals surface area (Å²) in [5.74, 6) is 0. The van der Waals surface area contributed by atoms with Crippen LogP contribution in [0.2, 0.25) is 0 Å². The minimum Gasteiger partial charge on any atom is -0.385 e. The first-order valence-corrected chi connectivity index (χ1v) is 10.1. The van der Waals surface area contributed by atoms with Crippen molar-refractivity contribution in [1.82, 2.24) is 10.2 Å². The van der Waals surface area contributed by atoms with E-state index in [2.05, 4.69) is 51.9 Å². The van der Waals surface area contributed by atoms with Gasteiger partial charge in [0, 0.05) is 30.9 Å². The summed E-state index contributed by atoms with van der Waals surface area (Å²) in [6.07, 6.45) is 4.78. The largest absolute Gasteiger partial charge is 0.385 e. The predicted molar refractivity (Wildman–Crippen MR) is 109 cm³/mol. The molecule has 0 spiro atoms. The lowest BCUT2D eigenvalue weighted by molar-refractivity contribution is 0.183. The third-order valence-corrected chi connectivity index (χ3v) is 5.81. The summed E-state index contributed by atoms with van der Waals surface area (Å²) in [7, 11) is 0. The molecule has 1 unspecified atom stereocenters. The molecule has 0 saturated carbocycles. The number of anilines is 1. The number of nitrogens with zero attached hydrogens (tertiary/aromatic N) is 2. The monoisotopic (exact) mass is 360 g/mol. The first kappa shape index (κ1) is 18.0. The minimum atomic E-state index is 0.458. The van der Waals surface area contributed by atoms with Gasteiger partial charge in [-0.15, -0.1) is 0 Å². The third-order valence-electron chi connectivity index (χ3n) is 5.81. The lowest BCUT2D eigenvalue weighted by atomic mass is 9.97. The van der Waals surface area contributed by atoms with Gasteiger partial charge in [-0.2, -0.15) is 5.26 Å². The van der Waals surface area contributed by atoms with E-state index in [4.69, 9.17) is 5.26 Å². The van der Waals surface area contributed by atoms with Crippen molar-refractivity contribution in [1.29, 1.82) is 5.26 Å². The van der Waals surface area contributed by atoms with E-state index in [1.165, 1.54) is 42.5 Å². The van der Waals surface area contributed by atoms with Crippen LogP contribution in [-0.4, -0.2) is 30.6 Å². The van der Waals surface area contributed by atoms with Crippen molar-refractivity contribution in [3.8, 4) is 6.07 Å². The highest BCUT2D eigenvalue weighted by molar-refractivity contribution is 5.53. The molecule has 4 heteroatoms. The smallest absolute Gasteiger partial charge is 0.0991 e. The second kappa shape index (κ2) is 8.56. The first-order valence-electron chi connectivity index (χ1n) is 10.1. The number of likely N-dealkylation sites (tertiary alicyclic amines) is 1. The fourth-order valence-electron chi connectivity index (χ4n) is 4.36. The van der Waals surface area contributed by atoms with Gasteiger partial charge in [-0.05, 0) is 68.1 Å². The molecule has 2 aromatic carbocycles. The Labute approximate surface area is 162 Å². The SMILES string of the molecule is N#Cc1cccc(CN2CCC(NC3CCCNc4ccccc43)CC2)c1. The van der Waals surface area contributed by atoms with Crippen LogP contribution in [0.5, 0.6) is 0 Å². The molecule has 140 valence electrons. The van der Waals surface area contributed by atoms with Crippen LogP contribution in [0.15, 0.2) is 48.5 Å². The standard InChI is InChI=1S/C23H28N4/c24-16-18-5-3-6-19(15-18)17-27-13-10-20(11-14-27)26-23-9-4-12-25-22-8-2-1-7-21(22)23/h1-3,5-8,15,20,23,25-26H,4,9-14,17H2. The molecule has 4 rings (SSSR count). The number of benzene rings is 2. The molecule has 2 aromatic rings. The molecule has 1 saturated heterocycles. The normalized spacial score (nSPS) is 20.9. The maximum Gasteiger partial charge on any atom is 0.0991 e. The summed E-state index contributed by atoms with van der Waals surface area (Å²) in [6, 6.07) is 20.0. The van der Waals surface area contributed by atoms with Crippen LogP contribution in [0, 0.1) is 11.3 Å². The number of rotatable bonds is 4. The average Bonchev–Trinajstić information content (AvgIpc) is 2.92. The third kappa shape index (κ3) is 4.50. The van der Waals surface area contributed by atoms with Gasteiger partial charge >= 0.3 is 0 Å². The number of para-hydroxylation sites is 1. The maximum atomic E-state index is 9.07. The second-order valence-corrected chi connectivity index (χ2v) is 7.74. The van der Waals surface area contributed by atoms with Gasteiger partial charge in [0.1, 0.15) is 0 Å². The van der Waals surface area contributed by atoms with Crippen LogP contribution in [0.4, 0.5) is 5.69 Å². The van der Waals surface area contributed by atoms with Gasteiger partial charge in [0.05, 0.1) is 11.6 Å². The number of nitrogens with one attached hydrogen (secondary N) is 2. The van der Waals surface area contributed by atoms with Crippen LogP contribution in [0.3, 0.4) is 0 Å². The zero-order valence-electron chi connectivity index (χ0n) is 15.8. The summed E-state index contributed by atoms with van der Waals surface area (Å²) in [4.78, 5) is 2.51. The molecule has 1 atom stereocenters. The molecular weight excluding hydrogens is 332 g/mol. The Morgan fingerprint density at radius 1 is 1.07 bits per heavy atom. The summed E-state index contributed by atoms with van der Waals surface area (Å²) < 4.78 is 0. The van der Waals surface area contributed by atoms with Crippen molar-refractivity contribution in [2.45, 2.75) is 44.3 Å². The quantitative estimate of drug-likeness (QED) is 0.863. The molecule has 0 aromatic heterocycles. The molecule has 1 fully saturated rings. The maximum absolute atomic E-state index is 9.07. The van der Waals surface area contributed by atoms with E-state index in [0.29, 0.717) is 12.1 Å². The van der Waals surface area contributed by atoms with Crippen LogP contribution >= 0.6 is 0 Å². The van der Waals surface area contributed by atoms with Crippen LogP contribution in [0.1, 0.15) is 48.4 Å². The molecule has 0 bridgehead atoms. The molecule has 0 amide bonds. The van der Waals surface area contributed by atoms with E-state index in [9.17, 15) is 0 Å². The summed E-state index contributed by atoms with van der Waals surface area (Å²) in [5.41, 5.74) is 4.71. The minimum absolute atomic E-state index is 0.458. The fraction of sp³-hybridized carbons (Fsp3) is 0.435. The van der Waals surface area contributed by atoms with Gasteiger partial charge in [-0.3, -0.25) is 4.90 Å². The lowest BCUT2D eigenvalue weighted by Gasteiger charge is -2.35. The molecule has 2 aliphatic rings. The molecule has 27 heavy (non-hydrogen) atoms. The van der Waals surface area contributed by atoms with E-state index in [0.717, 1.165) is 31.7 Å². The highest BCUT2D eigenvalue weighted by Crippen LogP contribution is 2.30. The van der Waals surface area contributed by atoms with Crippen molar-refractivity contribution in [3.05, 3.63) is 65.2 Å². The topological polar surface area (TPSA) is 51.1 Å². The summed E-state index contributed by atoms with van der Waals surface area (Å²) in [6.45, 7) is 4.23. The zero-order chi connectivity index (χ0) is 18.5. The molecular formula is C23H28N4. The lowest BCUT2D eigenvalue weighted by Crippen LogP contribution is -2.43. The fourth-order valence-corrected chi connectivity index (χ4v) is 4.36. The van der Waals surface area contributed by atoms with Gasteiger partial charge in [-0.25, -0.2) is 0 Å². The number of hydrogen-bond donors (Lipinski definition) is 2. The van der Waals surface area contributed by atoms with E-state index < -0.39 is 0 Å². The van der Waals surface area contributed by atoms with Crippen LogP contribution in [-0.2, 0) is 6.54 Å². The Balaban J connectivity index is 1.33. The van der Waals surface area contributed by atoms with E-state index in [1.54, 1.807) is 0 Å². The highest BCUT2D eigenvalue weighted by atomic mass is 15.1. The van der Waals surface area contributed by atoms with E-state index in [1.807, 2.05) is 18.2 Å². The number of fused-ring (bicyclic) bond motifs is 1. The molecule has 2 N–H and O–H groups in total. The van der Waals surface area contributed by atoms with Gasteiger partial charge in [-0.1, -0.05) is 30.3 Å². The summed E-state index contributed by atoms with van der Waals surface area (Å²) >= 11 is 0. The average molecular weight is 361 g/mol. The van der Waals surface area contributed by atoms with Crippen molar-refractivity contribution in [2.24, 2.45) is 0 Å². The molecule has 2 aliphatic heterocycles. The first-order chi connectivity index (χ1) is 13.3. The van der Waals surface area contributed by atoms with Crippen LogP contribution < -0.4 is 10.6 Å². The van der Waals surface area contributed by atoms with Crippen molar-refractivity contribution < 1.29 is 0 Å². The number of nitriles is 1. The van der Waals surface area contributed by atoms with Crippen molar-refractivity contribution >= 4 is 5.69 Å². The van der Waals surface area contributed by atoms with Crippen LogP contribution in [0.25, 0.3) is 0 Å². The molecule has 2 heterocycles. The Hall–Kier alpha value is -2.35. The Bertz CT molecular complexity index is 802. The second-order valence-electron chi connectivity index (χ2n) is 7.74. The van der Waals surface area contributed by atoms with E-state index in [-0.39, 0.29) is 0 Å². The zero-order valence-corrected chi connectivity index (χ0v) is 15.8. The Kier molecular flexibility index (Phi) is 5.72. The van der Waals surface area contributed by atoms with Gasteiger partial charge in [0.2, 0.25) is 0 Å². The van der Waals surface area contributed by atoms with Gasteiger partial charge in [0.25, 0.3) is 0 Å². The van der Waals surface area contributed by atoms with Gasteiger partial charge in [0.15, 0.2) is 0 Å². The molecule has 0 radical (unpaired) electrons. The predicted octanol–water partition coefficient (Wildman–Crippen LogP) is 4.06. The number of hydrogen-bond acceptors (Lipinski definition) is 4. The van der Waals surface area contributed by atoms with Crippen molar-refractivity contribution in [2.75, 3.05) is 25.0 Å². The molecule has 0 aliphatic carbocycles. The Morgan fingerprint density at radius 3 is 2.78 bits per heavy atom. The van der Waals surface area contributed by atoms with Crippen molar-refractivity contribution in [3.63, 3.8) is 0 Å². The van der Waals surface area contributed by atoms with E-state index >= 15 is 0 Å². The summed E-state index contributed by atoms with van der Waals surface area (Å²) in [5, 5.41) is 16.6. The highest BCUT2D eigenvalue weighted by Gasteiger charge is 2.24. The number of piperidine rings is 1. The van der Waals surface area contributed by atoms with Gasteiger partial charge < -0.3 is 10.6 Å². The molecule has 4 nitrogen and oxygen atoms in total. The Morgan fingerprint density at radius 2 is 1.93 bits per heavy atom.